The third-order valence-electron chi connectivity index (χ3n) is 4.38. The fourth-order valence-corrected chi connectivity index (χ4v) is 3.69. The number of anilines is 3. The molecule has 12 heteroatoms. The Morgan fingerprint density at radius 3 is 2.50 bits per heavy atom. The van der Waals surface area contributed by atoms with Gasteiger partial charge in [0.2, 0.25) is 5.91 Å². The first-order valence-electron chi connectivity index (χ1n) is 9.98. The van der Waals surface area contributed by atoms with Gasteiger partial charge in [0, 0.05) is 25.6 Å². The molecule has 4 N–H and O–H groups in total. The van der Waals surface area contributed by atoms with Crippen molar-refractivity contribution in [3.63, 3.8) is 0 Å². The van der Waals surface area contributed by atoms with E-state index in [0.29, 0.717) is 24.3 Å². The number of carboxylic acid groups (broad SMARTS) is 1. The zero-order valence-corrected chi connectivity index (χ0v) is 18.6. The molecular formula is C20H25N5O6S. The van der Waals surface area contributed by atoms with Crippen molar-refractivity contribution in [1.29, 1.82) is 0 Å². The summed E-state index contributed by atoms with van der Waals surface area (Å²) < 4.78 is 0. The molecule has 0 aliphatic heterocycles. The molecule has 0 spiro atoms. The number of nitrogens with zero attached hydrogens (tertiary/aromatic N) is 2. The highest BCUT2D eigenvalue weighted by atomic mass is 32.1. The van der Waals surface area contributed by atoms with Crippen molar-refractivity contribution in [3.8, 4) is 0 Å². The van der Waals surface area contributed by atoms with Crippen molar-refractivity contribution in [3.05, 3.63) is 39.6 Å². The topological polar surface area (TPSA) is 164 Å². The number of aryl methyl sites for hydroxylation is 1. The maximum atomic E-state index is 12.7. The SMILES string of the molecule is CC(=O)Nc1cc(NCCCCCCC(=O)O)ccc1C(=O)Nc1nc(C)c([N+](=O)[O-])s1. The Balaban J connectivity index is 2.02. The Labute approximate surface area is 188 Å². The zero-order valence-electron chi connectivity index (χ0n) is 17.8. The van der Waals surface area contributed by atoms with E-state index in [1.807, 2.05) is 0 Å². The van der Waals surface area contributed by atoms with Crippen LogP contribution in [-0.2, 0) is 9.59 Å². The first-order valence-corrected chi connectivity index (χ1v) is 10.8. The van der Waals surface area contributed by atoms with Crippen molar-refractivity contribution in [2.24, 2.45) is 0 Å². The number of nitro groups is 1. The molecule has 0 fully saturated rings. The number of hydrogen-bond donors (Lipinski definition) is 4. The predicted octanol–water partition coefficient (Wildman–Crippen LogP) is 4.02. The number of aliphatic carboxylic acids is 1. The minimum absolute atomic E-state index is 0.0954. The van der Waals surface area contributed by atoms with Gasteiger partial charge < -0.3 is 15.7 Å². The predicted molar refractivity (Wildman–Crippen MR) is 121 cm³/mol. The molecule has 1 aromatic heterocycles. The average Bonchev–Trinajstić information content (AvgIpc) is 3.07. The van der Waals surface area contributed by atoms with Crippen LogP contribution >= 0.6 is 11.3 Å². The molecular weight excluding hydrogens is 438 g/mol. The maximum Gasteiger partial charge on any atom is 0.348 e. The molecule has 0 unspecified atom stereocenters. The number of carbonyl (C=O) groups is 3. The Kier molecular flexibility index (Phi) is 9.08. The van der Waals surface area contributed by atoms with Gasteiger partial charge in [-0.15, -0.1) is 0 Å². The molecule has 0 aliphatic carbocycles. The fourth-order valence-electron chi connectivity index (χ4n) is 2.91. The summed E-state index contributed by atoms with van der Waals surface area (Å²) in [6, 6.07) is 4.88. The number of hydrogen-bond acceptors (Lipinski definition) is 8. The summed E-state index contributed by atoms with van der Waals surface area (Å²) in [5, 5.41) is 27.9. The number of unbranched alkanes of at least 4 members (excludes halogenated alkanes) is 3. The molecule has 172 valence electrons. The first kappa shape index (κ1) is 24.7. The van der Waals surface area contributed by atoms with Gasteiger partial charge >= 0.3 is 11.0 Å². The van der Waals surface area contributed by atoms with E-state index < -0.39 is 16.8 Å². The number of nitrogens with one attached hydrogen (secondary N) is 3. The van der Waals surface area contributed by atoms with E-state index in [4.69, 9.17) is 5.11 Å². The number of carbonyl (C=O) groups excluding carboxylic acids is 2. The van der Waals surface area contributed by atoms with E-state index in [1.54, 1.807) is 18.2 Å². The van der Waals surface area contributed by atoms with E-state index in [1.165, 1.54) is 13.8 Å². The highest BCUT2D eigenvalue weighted by Crippen LogP contribution is 2.30. The second kappa shape index (κ2) is 11.7. The first-order chi connectivity index (χ1) is 15.2. The lowest BCUT2D eigenvalue weighted by molar-refractivity contribution is -0.380. The summed E-state index contributed by atoms with van der Waals surface area (Å²) in [5.41, 5.74) is 1.40. The molecule has 1 aromatic carbocycles. The smallest absolute Gasteiger partial charge is 0.348 e. The van der Waals surface area contributed by atoms with Crippen molar-refractivity contribution >= 4 is 50.6 Å². The van der Waals surface area contributed by atoms with Crippen molar-refractivity contribution in [2.45, 2.75) is 46.0 Å². The lowest BCUT2D eigenvalue weighted by Crippen LogP contribution is -2.17. The van der Waals surface area contributed by atoms with Gasteiger partial charge in [0.15, 0.2) is 5.13 Å². The summed E-state index contributed by atoms with van der Waals surface area (Å²) in [5.74, 6) is -1.70. The van der Waals surface area contributed by atoms with Crippen LogP contribution in [0.5, 0.6) is 0 Å². The third-order valence-corrected chi connectivity index (χ3v) is 5.40. The number of carboxylic acids is 1. The molecule has 32 heavy (non-hydrogen) atoms. The highest BCUT2D eigenvalue weighted by molar-refractivity contribution is 7.19. The number of thiazole rings is 1. The van der Waals surface area contributed by atoms with Gasteiger partial charge in [0.05, 0.1) is 16.2 Å². The molecule has 11 nitrogen and oxygen atoms in total. The van der Waals surface area contributed by atoms with Crippen LogP contribution in [0.3, 0.4) is 0 Å². The maximum absolute atomic E-state index is 12.7. The molecule has 0 bridgehead atoms. The third kappa shape index (κ3) is 7.61. The second-order valence-electron chi connectivity index (χ2n) is 7.05. The monoisotopic (exact) mass is 463 g/mol. The lowest BCUT2D eigenvalue weighted by atomic mass is 10.1. The molecule has 2 amide bonds. The van der Waals surface area contributed by atoms with Crippen molar-refractivity contribution in [2.75, 3.05) is 22.5 Å². The second-order valence-corrected chi connectivity index (χ2v) is 8.02. The van der Waals surface area contributed by atoms with Gasteiger partial charge in [-0.2, -0.15) is 0 Å². The Morgan fingerprint density at radius 2 is 1.88 bits per heavy atom. The van der Waals surface area contributed by atoms with Crippen LogP contribution in [0.15, 0.2) is 18.2 Å². The minimum Gasteiger partial charge on any atom is -0.481 e. The van der Waals surface area contributed by atoms with Crippen LogP contribution in [-0.4, -0.2) is 39.3 Å². The summed E-state index contributed by atoms with van der Waals surface area (Å²) in [6.45, 7) is 3.46. The minimum atomic E-state index is -0.791. The van der Waals surface area contributed by atoms with Gasteiger partial charge in [0.25, 0.3) is 5.91 Å². The largest absolute Gasteiger partial charge is 0.481 e. The standard InChI is InChI=1S/C20H25N5O6S/c1-12-19(25(30)31)32-20(22-12)24-18(29)15-9-8-14(11-16(15)23-13(2)26)21-10-6-4-3-5-7-17(27)28/h8-9,11,21H,3-7,10H2,1-2H3,(H,23,26)(H,27,28)(H,22,24,29). The van der Waals surface area contributed by atoms with Crippen LogP contribution in [0, 0.1) is 17.0 Å². The van der Waals surface area contributed by atoms with Gasteiger partial charge in [0.1, 0.15) is 5.69 Å². The summed E-state index contributed by atoms with van der Waals surface area (Å²) in [7, 11) is 0. The Morgan fingerprint density at radius 1 is 1.16 bits per heavy atom. The van der Waals surface area contributed by atoms with Gasteiger partial charge in [-0.25, -0.2) is 4.98 Å². The number of amides is 2. The summed E-state index contributed by atoms with van der Waals surface area (Å²) in [4.78, 5) is 49.2. The fraction of sp³-hybridized carbons (Fsp3) is 0.400. The van der Waals surface area contributed by atoms with Gasteiger partial charge in [-0.1, -0.05) is 12.8 Å². The average molecular weight is 464 g/mol. The summed E-state index contributed by atoms with van der Waals surface area (Å²) in [6.07, 6.45) is 3.38. The van der Waals surface area contributed by atoms with Crippen LogP contribution in [0.25, 0.3) is 0 Å². The molecule has 0 saturated heterocycles. The van der Waals surface area contributed by atoms with E-state index >= 15 is 0 Å². The molecule has 0 aliphatic rings. The van der Waals surface area contributed by atoms with E-state index in [0.717, 1.165) is 30.6 Å². The number of benzene rings is 1. The van der Waals surface area contributed by atoms with Crippen LogP contribution in [0.2, 0.25) is 0 Å². The highest BCUT2D eigenvalue weighted by Gasteiger charge is 2.20. The van der Waals surface area contributed by atoms with E-state index in [-0.39, 0.29) is 33.7 Å². The summed E-state index contributed by atoms with van der Waals surface area (Å²) >= 11 is 0.760. The van der Waals surface area contributed by atoms with Crippen LogP contribution in [0.4, 0.5) is 21.5 Å². The van der Waals surface area contributed by atoms with Crippen molar-refractivity contribution in [1.82, 2.24) is 4.98 Å². The Hall–Kier alpha value is -3.54. The van der Waals surface area contributed by atoms with E-state index in [2.05, 4.69) is 20.9 Å². The van der Waals surface area contributed by atoms with Crippen molar-refractivity contribution < 1.29 is 24.4 Å². The lowest BCUT2D eigenvalue weighted by Gasteiger charge is -2.13. The molecule has 2 aromatic rings. The van der Waals surface area contributed by atoms with Crippen LogP contribution in [0.1, 0.15) is 55.1 Å². The molecule has 1 heterocycles. The normalized spacial score (nSPS) is 10.4. The quantitative estimate of drug-likeness (QED) is 0.208. The number of aromatic nitrogens is 1. The number of rotatable bonds is 12. The molecule has 2 rings (SSSR count). The molecule has 0 saturated carbocycles. The van der Waals surface area contributed by atoms with E-state index in [9.17, 15) is 24.5 Å². The van der Waals surface area contributed by atoms with Gasteiger partial charge in [-0.3, -0.25) is 29.8 Å². The molecule has 0 radical (unpaired) electrons. The van der Waals surface area contributed by atoms with Gasteiger partial charge in [-0.05, 0) is 49.3 Å². The van der Waals surface area contributed by atoms with Crippen LogP contribution < -0.4 is 16.0 Å². The molecule has 0 atom stereocenters. The Bertz CT molecular complexity index is 1010. The zero-order chi connectivity index (χ0) is 23.7.